The highest BCUT2D eigenvalue weighted by molar-refractivity contribution is 5.84. The Labute approximate surface area is 118 Å². The molecule has 0 aliphatic carbocycles. The third kappa shape index (κ3) is 2.48. The van der Waals surface area contributed by atoms with Crippen molar-refractivity contribution in [2.24, 2.45) is 0 Å². The molecule has 0 fully saturated rings. The Morgan fingerprint density at radius 1 is 0.900 bits per heavy atom. The highest BCUT2D eigenvalue weighted by Crippen LogP contribution is 2.15. The van der Waals surface area contributed by atoms with Crippen LogP contribution in [-0.4, -0.2) is 12.1 Å². The maximum atomic E-state index is 5.13. The lowest BCUT2D eigenvalue weighted by atomic mass is 10.1. The van der Waals surface area contributed by atoms with Crippen molar-refractivity contribution in [2.75, 3.05) is 7.11 Å². The molecule has 0 N–H and O–H groups in total. The number of nitrogens with zero attached hydrogens (tertiary/aromatic N) is 1. The van der Waals surface area contributed by atoms with Crippen LogP contribution in [0.5, 0.6) is 5.75 Å². The number of aromatic nitrogens is 1. The molecular weight excluding hydrogens is 246 g/mol. The lowest BCUT2D eigenvalue weighted by Crippen LogP contribution is -1.84. The van der Waals surface area contributed by atoms with Crippen molar-refractivity contribution >= 4 is 10.9 Å². The molecule has 0 saturated heterocycles. The first-order valence-corrected chi connectivity index (χ1v) is 6.36. The molecule has 0 atom stereocenters. The molecule has 0 radical (unpaired) electrons. The molecule has 0 amide bonds. The normalized spacial score (nSPS) is 9.85. The van der Waals surface area contributed by atoms with Gasteiger partial charge in [-0.15, -0.1) is 0 Å². The van der Waals surface area contributed by atoms with Gasteiger partial charge >= 0.3 is 0 Å². The predicted molar refractivity (Wildman–Crippen MR) is 80.7 cm³/mol. The molecule has 0 unspecified atom stereocenters. The molecule has 1 heterocycles. The van der Waals surface area contributed by atoms with E-state index in [0.29, 0.717) is 0 Å². The van der Waals surface area contributed by atoms with Crippen LogP contribution in [-0.2, 0) is 0 Å². The van der Waals surface area contributed by atoms with Crippen molar-refractivity contribution in [3.05, 3.63) is 71.9 Å². The smallest absolute Gasteiger partial charge is 0.118 e. The minimum absolute atomic E-state index is 0.838. The summed E-state index contributed by atoms with van der Waals surface area (Å²) in [5.41, 5.74) is 2.92. The standard InChI is InChI=1S/C18H13NO/c1-20-16-10-7-14(8-11-16)6-9-15-12-13-19-18-5-3-2-4-17(15)18/h2-5,7-8,10-13H,1H3. The number of fused-ring (bicyclic) bond motifs is 1. The van der Waals surface area contributed by atoms with E-state index in [1.807, 2.05) is 54.6 Å². The number of hydrogen-bond acceptors (Lipinski definition) is 2. The SMILES string of the molecule is COc1ccc(C#Cc2ccnc3ccccc23)cc1. The quantitative estimate of drug-likeness (QED) is 0.622. The van der Waals surface area contributed by atoms with Gasteiger partial charge in [-0.2, -0.15) is 0 Å². The Bertz CT molecular complexity index is 790. The summed E-state index contributed by atoms with van der Waals surface area (Å²) in [6.07, 6.45) is 1.79. The number of pyridine rings is 1. The third-order valence-corrected chi connectivity index (χ3v) is 3.08. The van der Waals surface area contributed by atoms with Crippen LogP contribution in [0.15, 0.2) is 60.8 Å². The average Bonchev–Trinajstić information content (AvgIpc) is 2.53. The molecule has 2 heteroatoms. The van der Waals surface area contributed by atoms with E-state index in [9.17, 15) is 0 Å². The number of ether oxygens (including phenoxy) is 1. The number of methoxy groups -OCH3 is 1. The van der Waals surface area contributed by atoms with Crippen molar-refractivity contribution in [1.29, 1.82) is 0 Å². The third-order valence-electron chi connectivity index (χ3n) is 3.08. The van der Waals surface area contributed by atoms with E-state index >= 15 is 0 Å². The number of hydrogen-bond donors (Lipinski definition) is 0. The van der Waals surface area contributed by atoms with E-state index in [1.54, 1.807) is 13.3 Å². The highest BCUT2D eigenvalue weighted by atomic mass is 16.5. The van der Waals surface area contributed by atoms with Crippen LogP contribution < -0.4 is 4.74 Å². The molecule has 1 aromatic heterocycles. The second-order valence-electron chi connectivity index (χ2n) is 4.35. The van der Waals surface area contributed by atoms with Crippen molar-refractivity contribution in [2.45, 2.75) is 0 Å². The van der Waals surface area contributed by atoms with Crippen LogP contribution in [0.1, 0.15) is 11.1 Å². The van der Waals surface area contributed by atoms with Crippen molar-refractivity contribution in [3.8, 4) is 17.6 Å². The maximum Gasteiger partial charge on any atom is 0.118 e. The molecule has 0 saturated carbocycles. The zero-order chi connectivity index (χ0) is 13.8. The van der Waals surface area contributed by atoms with E-state index in [2.05, 4.69) is 16.8 Å². The molecule has 3 aromatic rings. The summed E-state index contributed by atoms with van der Waals surface area (Å²) in [6.45, 7) is 0. The zero-order valence-corrected chi connectivity index (χ0v) is 11.1. The molecule has 20 heavy (non-hydrogen) atoms. The van der Waals surface area contributed by atoms with Gasteiger partial charge in [0.1, 0.15) is 5.75 Å². The lowest BCUT2D eigenvalue weighted by molar-refractivity contribution is 0.415. The van der Waals surface area contributed by atoms with Crippen LogP contribution in [0.3, 0.4) is 0 Å². The van der Waals surface area contributed by atoms with E-state index in [0.717, 1.165) is 27.8 Å². The van der Waals surface area contributed by atoms with Crippen LogP contribution in [0.4, 0.5) is 0 Å². The molecule has 2 nitrogen and oxygen atoms in total. The van der Waals surface area contributed by atoms with Gasteiger partial charge in [-0.25, -0.2) is 0 Å². The second-order valence-corrected chi connectivity index (χ2v) is 4.35. The fourth-order valence-corrected chi connectivity index (χ4v) is 2.02. The first-order chi connectivity index (χ1) is 9.86. The summed E-state index contributed by atoms with van der Waals surface area (Å²) in [5, 5.41) is 1.08. The molecule has 3 rings (SSSR count). The summed E-state index contributed by atoms with van der Waals surface area (Å²) in [5.74, 6) is 7.22. The van der Waals surface area contributed by atoms with Crippen LogP contribution >= 0.6 is 0 Å². The van der Waals surface area contributed by atoms with Gasteiger partial charge in [0.25, 0.3) is 0 Å². The molecule has 96 valence electrons. The summed E-state index contributed by atoms with van der Waals surface area (Å²) >= 11 is 0. The van der Waals surface area contributed by atoms with Gasteiger partial charge in [-0.3, -0.25) is 4.98 Å². The largest absolute Gasteiger partial charge is 0.497 e. The first-order valence-electron chi connectivity index (χ1n) is 6.36. The van der Waals surface area contributed by atoms with Gasteiger partial charge in [-0.1, -0.05) is 30.0 Å². The van der Waals surface area contributed by atoms with Gasteiger partial charge in [-0.05, 0) is 36.4 Å². The van der Waals surface area contributed by atoms with Gasteiger partial charge < -0.3 is 4.74 Å². The Morgan fingerprint density at radius 3 is 2.50 bits per heavy atom. The van der Waals surface area contributed by atoms with Gasteiger partial charge in [0.05, 0.1) is 12.6 Å². The molecule has 2 aromatic carbocycles. The molecule has 0 bridgehead atoms. The van der Waals surface area contributed by atoms with Gasteiger partial charge in [0.2, 0.25) is 0 Å². The lowest BCUT2D eigenvalue weighted by Gasteiger charge is -1.99. The Kier molecular flexibility index (Phi) is 3.34. The second kappa shape index (κ2) is 5.46. The Balaban J connectivity index is 1.99. The summed E-state index contributed by atoms with van der Waals surface area (Å²) < 4.78 is 5.13. The zero-order valence-electron chi connectivity index (χ0n) is 11.1. The molecule has 0 aliphatic heterocycles. The topological polar surface area (TPSA) is 22.1 Å². The highest BCUT2D eigenvalue weighted by Gasteiger charge is 1.97. The van der Waals surface area contributed by atoms with E-state index in [-0.39, 0.29) is 0 Å². The Hall–Kier alpha value is -2.79. The first kappa shape index (κ1) is 12.3. The van der Waals surface area contributed by atoms with Gasteiger partial charge in [0, 0.05) is 22.7 Å². The minimum Gasteiger partial charge on any atom is -0.497 e. The minimum atomic E-state index is 0.838. The predicted octanol–water partition coefficient (Wildman–Crippen LogP) is 3.64. The fraction of sp³-hybridized carbons (Fsp3) is 0.0556. The van der Waals surface area contributed by atoms with Crippen molar-refractivity contribution < 1.29 is 4.74 Å². The van der Waals surface area contributed by atoms with Crippen molar-refractivity contribution in [1.82, 2.24) is 4.98 Å². The summed E-state index contributed by atoms with van der Waals surface area (Å²) in [4.78, 5) is 4.34. The van der Waals surface area contributed by atoms with Crippen molar-refractivity contribution in [3.63, 3.8) is 0 Å². The van der Waals surface area contributed by atoms with Crippen LogP contribution in [0.2, 0.25) is 0 Å². The molecule has 0 spiro atoms. The fourth-order valence-electron chi connectivity index (χ4n) is 2.02. The van der Waals surface area contributed by atoms with E-state index in [1.165, 1.54) is 0 Å². The molecule has 0 aliphatic rings. The summed E-state index contributed by atoms with van der Waals surface area (Å²) in [7, 11) is 1.66. The van der Waals surface area contributed by atoms with Crippen LogP contribution in [0.25, 0.3) is 10.9 Å². The van der Waals surface area contributed by atoms with E-state index < -0.39 is 0 Å². The van der Waals surface area contributed by atoms with Gasteiger partial charge in [0.15, 0.2) is 0 Å². The number of benzene rings is 2. The number of rotatable bonds is 1. The molecular formula is C18H13NO. The maximum absolute atomic E-state index is 5.13. The Morgan fingerprint density at radius 2 is 1.70 bits per heavy atom. The average molecular weight is 259 g/mol. The number of para-hydroxylation sites is 1. The van der Waals surface area contributed by atoms with E-state index in [4.69, 9.17) is 4.74 Å². The summed E-state index contributed by atoms with van der Waals surface area (Å²) in [6, 6.07) is 17.7. The van der Waals surface area contributed by atoms with Crippen LogP contribution in [0, 0.1) is 11.8 Å². The monoisotopic (exact) mass is 259 g/mol.